The first-order chi connectivity index (χ1) is 6.91. The molecule has 1 atom stereocenters. The molecule has 0 aliphatic carbocycles. The van der Waals surface area contributed by atoms with Crippen molar-refractivity contribution in [3.8, 4) is 5.75 Å². The van der Waals surface area contributed by atoms with E-state index in [1.165, 1.54) is 12.1 Å². The largest absolute Gasteiger partial charge is 0.573 e. The molecule has 0 spiro atoms. The van der Waals surface area contributed by atoms with Crippen molar-refractivity contribution in [2.24, 2.45) is 0 Å². The van der Waals surface area contributed by atoms with Crippen LogP contribution in [-0.2, 0) is 10.3 Å². The average Bonchev–Trinajstić information content (AvgIpc) is 2.83. The van der Waals surface area contributed by atoms with Crippen molar-refractivity contribution >= 4 is 0 Å². The van der Waals surface area contributed by atoms with Gasteiger partial charge in [-0.25, -0.2) is 0 Å². The second kappa shape index (κ2) is 3.13. The molecule has 0 bridgehead atoms. The Bertz CT molecular complexity index is 369. The molecular weight excluding hydrogens is 209 g/mol. The van der Waals surface area contributed by atoms with Gasteiger partial charge in [0.05, 0.1) is 6.61 Å². The third-order valence-corrected chi connectivity index (χ3v) is 2.26. The van der Waals surface area contributed by atoms with Gasteiger partial charge in [-0.2, -0.15) is 0 Å². The third kappa shape index (κ3) is 2.23. The Balaban J connectivity index is 2.31. The van der Waals surface area contributed by atoms with E-state index in [0.29, 0.717) is 12.2 Å². The van der Waals surface area contributed by atoms with Gasteiger partial charge in [0.15, 0.2) is 0 Å². The van der Waals surface area contributed by atoms with Crippen molar-refractivity contribution < 1.29 is 22.6 Å². The number of epoxide rings is 1. The molecule has 15 heavy (non-hydrogen) atoms. The molecule has 0 saturated carbocycles. The van der Waals surface area contributed by atoms with Crippen molar-refractivity contribution in [3.63, 3.8) is 0 Å². The maximum Gasteiger partial charge on any atom is 0.573 e. The maximum absolute atomic E-state index is 12.1. The van der Waals surface area contributed by atoms with E-state index >= 15 is 0 Å². The second-order valence-corrected chi connectivity index (χ2v) is 3.56. The molecule has 1 heterocycles. The number of alkyl halides is 3. The normalized spacial score (nSPS) is 25.1. The van der Waals surface area contributed by atoms with Crippen LogP contribution in [0.5, 0.6) is 5.75 Å². The summed E-state index contributed by atoms with van der Waals surface area (Å²) in [6.45, 7) is 2.15. The standard InChI is InChI=1S/C10H9F3O2/c1-9(6-14-9)7-4-2-3-5-8(7)15-10(11,12)13/h2-5H,6H2,1H3. The first-order valence-electron chi connectivity index (χ1n) is 4.40. The molecule has 1 unspecified atom stereocenters. The lowest BCUT2D eigenvalue weighted by atomic mass is 10.0. The fourth-order valence-electron chi connectivity index (χ4n) is 1.38. The Morgan fingerprint density at radius 3 is 2.47 bits per heavy atom. The summed E-state index contributed by atoms with van der Waals surface area (Å²) < 4.78 is 45.2. The number of halogens is 3. The fourth-order valence-corrected chi connectivity index (χ4v) is 1.38. The monoisotopic (exact) mass is 218 g/mol. The van der Waals surface area contributed by atoms with Crippen LogP contribution in [0.1, 0.15) is 12.5 Å². The van der Waals surface area contributed by atoms with Crippen molar-refractivity contribution in [3.05, 3.63) is 29.8 Å². The molecule has 0 radical (unpaired) electrons. The molecule has 0 N–H and O–H groups in total. The van der Waals surface area contributed by atoms with E-state index in [4.69, 9.17) is 4.74 Å². The number of para-hydroxylation sites is 1. The van der Waals surface area contributed by atoms with E-state index in [9.17, 15) is 13.2 Å². The Hall–Kier alpha value is -1.23. The van der Waals surface area contributed by atoms with Crippen LogP contribution >= 0.6 is 0 Å². The molecule has 5 heteroatoms. The fraction of sp³-hybridized carbons (Fsp3) is 0.400. The summed E-state index contributed by atoms with van der Waals surface area (Å²) in [5, 5.41) is 0. The highest BCUT2D eigenvalue weighted by molar-refractivity contribution is 5.40. The van der Waals surface area contributed by atoms with Gasteiger partial charge >= 0.3 is 6.36 Å². The van der Waals surface area contributed by atoms with Crippen LogP contribution < -0.4 is 4.74 Å². The minimum Gasteiger partial charge on any atom is -0.405 e. The maximum atomic E-state index is 12.1. The van der Waals surface area contributed by atoms with Gasteiger partial charge in [0, 0.05) is 5.56 Å². The SMILES string of the molecule is CC1(c2ccccc2OC(F)(F)F)CO1. The van der Waals surface area contributed by atoms with Gasteiger partial charge in [0.2, 0.25) is 0 Å². The summed E-state index contributed by atoms with van der Waals surface area (Å²) in [4.78, 5) is 0. The first-order valence-corrected chi connectivity index (χ1v) is 4.40. The summed E-state index contributed by atoms with van der Waals surface area (Å²) in [5.41, 5.74) is -0.190. The van der Waals surface area contributed by atoms with Crippen molar-refractivity contribution in [2.75, 3.05) is 6.61 Å². The van der Waals surface area contributed by atoms with Gasteiger partial charge in [-0.3, -0.25) is 0 Å². The minimum absolute atomic E-state index is 0.190. The highest BCUT2D eigenvalue weighted by atomic mass is 19.4. The topological polar surface area (TPSA) is 21.8 Å². The molecule has 0 aromatic heterocycles. The summed E-state index contributed by atoms with van der Waals surface area (Å²) in [6, 6.07) is 6.02. The minimum atomic E-state index is -4.67. The molecule has 82 valence electrons. The van der Waals surface area contributed by atoms with Crippen molar-refractivity contribution in [1.29, 1.82) is 0 Å². The summed E-state index contributed by atoms with van der Waals surface area (Å²) in [6.07, 6.45) is -4.67. The lowest BCUT2D eigenvalue weighted by molar-refractivity contribution is -0.275. The average molecular weight is 218 g/mol. The molecule has 1 fully saturated rings. The number of ether oxygens (including phenoxy) is 2. The number of benzene rings is 1. The van der Waals surface area contributed by atoms with Crippen LogP contribution in [0.3, 0.4) is 0 Å². The van der Waals surface area contributed by atoms with E-state index in [0.717, 1.165) is 0 Å². The highest BCUT2D eigenvalue weighted by Gasteiger charge is 2.44. The van der Waals surface area contributed by atoms with Crippen LogP contribution in [-0.4, -0.2) is 13.0 Å². The van der Waals surface area contributed by atoms with Crippen LogP contribution in [0.2, 0.25) is 0 Å². The van der Waals surface area contributed by atoms with Gasteiger partial charge in [0.1, 0.15) is 11.4 Å². The smallest absolute Gasteiger partial charge is 0.405 e. The van der Waals surface area contributed by atoms with Crippen LogP contribution in [0.15, 0.2) is 24.3 Å². The predicted molar refractivity (Wildman–Crippen MR) is 46.4 cm³/mol. The zero-order valence-corrected chi connectivity index (χ0v) is 7.97. The summed E-state index contributed by atoms with van der Waals surface area (Å²) in [5.74, 6) is -0.190. The van der Waals surface area contributed by atoms with Crippen LogP contribution in [0.4, 0.5) is 13.2 Å². The number of hydrogen-bond acceptors (Lipinski definition) is 2. The van der Waals surface area contributed by atoms with Gasteiger partial charge in [0.25, 0.3) is 0 Å². The Morgan fingerprint density at radius 2 is 1.93 bits per heavy atom. The van der Waals surface area contributed by atoms with Gasteiger partial charge in [-0.1, -0.05) is 18.2 Å². The van der Waals surface area contributed by atoms with E-state index < -0.39 is 12.0 Å². The number of rotatable bonds is 2. The van der Waals surface area contributed by atoms with E-state index in [-0.39, 0.29) is 5.75 Å². The molecule has 1 aromatic carbocycles. The van der Waals surface area contributed by atoms with Gasteiger partial charge in [-0.15, -0.1) is 13.2 Å². The zero-order chi connectivity index (χ0) is 11.1. The summed E-state index contributed by atoms with van der Waals surface area (Å²) in [7, 11) is 0. The van der Waals surface area contributed by atoms with Crippen LogP contribution in [0.25, 0.3) is 0 Å². The Morgan fingerprint density at radius 1 is 1.33 bits per heavy atom. The second-order valence-electron chi connectivity index (χ2n) is 3.56. The molecular formula is C10H9F3O2. The van der Waals surface area contributed by atoms with E-state index in [1.807, 2.05) is 0 Å². The molecule has 2 rings (SSSR count). The molecule has 1 aliphatic heterocycles. The highest BCUT2D eigenvalue weighted by Crippen LogP contribution is 2.43. The summed E-state index contributed by atoms with van der Waals surface area (Å²) >= 11 is 0. The first kappa shape index (κ1) is 10.3. The third-order valence-electron chi connectivity index (χ3n) is 2.26. The lowest BCUT2D eigenvalue weighted by Gasteiger charge is -2.14. The van der Waals surface area contributed by atoms with Gasteiger partial charge in [-0.05, 0) is 13.0 Å². The Kier molecular flexibility index (Phi) is 2.15. The van der Waals surface area contributed by atoms with Crippen molar-refractivity contribution in [2.45, 2.75) is 18.9 Å². The van der Waals surface area contributed by atoms with Gasteiger partial charge < -0.3 is 9.47 Å². The molecule has 1 saturated heterocycles. The van der Waals surface area contributed by atoms with Crippen molar-refractivity contribution in [1.82, 2.24) is 0 Å². The molecule has 1 aromatic rings. The molecule has 0 amide bonds. The molecule has 2 nitrogen and oxygen atoms in total. The quantitative estimate of drug-likeness (QED) is 0.712. The zero-order valence-electron chi connectivity index (χ0n) is 7.97. The van der Waals surface area contributed by atoms with E-state index in [1.54, 1.807) is 19.1 Å². The predicted octanol–water partition coefficient (Wildman–Crippen LogP) is 2.83. The van der Waals surface area contributed by atoms with Crippen LogP contribution in [0, 0.1) is 0 Å². The number of hydrogen-bond donors (Lipinski definition) is 0. The molecule has 1 aliphatic rings. The van der Waals surface area contributed by atoms with E-state index in [2.05, 4.69) is 4.74 Å². The Labute approximate surface area is 84.6 Å². The lowest BCUT2D eigenvalue weighted by Crippen LogP contribution is -2.19.